The van der Waals surface area contributed by atoms with Gasteiger partial charge in [0.05, 0.1) is 13.7 Å². The molecule has 0 amide bonds. The second-order valence-electron chi connectivity index (χ2n) is 4.24. The van der Waals surface area contributed by atoms with Gasteiger partial charge in [0.1, 0.15) is 12.0 Å². The normalized spacial score (nSPS) is 21.7. The van der Waals surface area contributed by atoms with Crippen LogP contribution in [0, 0.1) is 0 Å². The average molecular weight is 220 g/mol. The fourth-order valence-electron chi connectivity index (χ4n) is 2.45. The van der Waals surface area contributed by atoms with Crippen LogP contribution in [0.15, 0.2) is 30.3 Å². The number of carbonyl (C=O) groups excluding carboxylic acids is 1. The highest BCUT2D eigenvalue weighted by atomic mass is 16.5. The van der Waals surface area contributed by atoms with E-state index < -0.39 is 0 Å². The summed E-state index contributed by atoms with van der Waals surface area (Å²) in [6, 6.07) is 10.3. The van der Waals surface area contributed by atoms with E-state index in [4.69, 9.17) is 4.74 Å². The molecule has 0 radical (unpaired) electrons. The van der Waals surface area contributed by atoms with Gasteiger partial charge in [-0.2, -0.15) is 0 Å². The first kappa shape index (κ1) is 11.1. The summed E-state index contributed by atoms with van der Waals surface area (Å²) in [7, 11) is 1.47. The lowest BCUT2D eigenvalue weighted by atomic mass is 9.90. The van der Waals surface area contributed by atoms with Crippen LogP contribution in [0.1, 0.15) is 24.3 Å². The third-order valence-corrected chi connectivity index (χ3v) is 3.25. The maximum Gasteiger partial charge on any atom is 0.319 e. The predicted octanol–water partition coefficient (Wildman–Crippen LogP) is 0.669. The molecule has 2 rings (SSSR count). The summed E-state index contributed by atoms with van der Waals surface area (Å²) in [6.45, 7) is 1.12. The van der Waals surface area contributed by atoms with Crippen LogP contribution in [0.25, 0.3) is 0 Å². The van der Waals surface area contributed by atoms with Crippen molar-refractivity contribution >= 4 is 5.97 Å². The molecule has 0 aromatic heterocycles. The van der Waals surface area contributed by atoms with Gasteiger partial charge in [-0.3, -0.25) is 4.79 Å². The number of quaternary nitrogens is 1. The van der Waals surface area contributed by atoms with Gasteiger partial charge in [0.15, 0.2) is 0 Å². The van der Waals surface area contributed by atoms with Gasteiger partial charge >= 0.3 is 5.97 Å². The van der Waals surface area contributed by atoms with Crippen molar-refractivity contribution in [3.05, 3.63) is 35.9 Å². The molecular weight excluding hydrogens is 202 g/mol. The highest BCUT2D eigenvalue weighted by Crippen LogP contribution is 2.23. The topological polar surface area (TPSA) is 42.9 Å². The summed E-state index contributed by atoms with van der Waals surface area (Å²) in [5.41, 5.74) is 1.07. The molecule has 0 aliphatic carbocycles. The summed E-state index contributed by atoms with van der Waals surface area (Å²) >= 11 is 0. The van der Waals surface area contributed by atoms with Crippen molar-refractivity contribution < 1.29 is 14.8 Å². The molecule has 1 aliphatic heterocycles. The lowest BCUT2D eigenvalue weighted by molar-refractivity contribution is -0.671. The SMILES string of the molecule is COC(=O)[C@H](c1ccccc1)[C@@H]1CCC[NH2+]1. The van der Waals surface area contributed by atoms with E-state index in [2.05, 4.69) is 5.32 Å². The quantitative estimate of drug-likeness (QED) is 0.761. The average Bonchev–Trinajstić information content (AvgIpc) is 2.84. The van der Waals surface area contributed by atoms with Crippen LogP contribution in [0.2, 0.25) is 0 Å². The zero-order valence-electron chi connectivity index (χ0n) is 9.56. The summed E-state index contributed by atoms with van der Waals surface area (Å²) in [6.07, 6.45) is 2.28. The van der Waals surface area contributed by atoms with Gasteiger partial charge < -0.3 is 10.1 Å². The Kier molecular flexibility index (Phi) is 3.57. The standard InChI is InChI=1S/C13H17NO2/c1-16-13(15)12(11-8-5-9-14-11)10-6-3-2-4-7-10/h2-4,6-7,11-12,14H,5,8-9H2,1H3/p+1/t11-,12+/m0/s1. The number of ether oxygens (including phenoxy) is 1. The number of rotatable bonds is 3. The third kappa shape index (κ3) is 2.25. The number of hydrogen-bond acceptors (Lipinski definition) is 2. The Hall–Kier alpha value is -1.35. The second-order valence-corrected chi connectivity index (χ2v) is 4.24. The third-order valence-electron chi connectivity index (χ3n) is 3.25. The van der Waals surface area contributed by atoms with E-state index in [1.54, 1.807) is 0 Å². The van der Waals surface area contributed by atoms with Crippen molar-refractivity contribution in [2.75, 3.05) is 13.7 Å². The predicted molar refractivity (Wildman–Crippen MR) is 61.0 cm³/mol. The second kappa shape index (κ2) is 5.12. The zero-order valence-corrected chi connectivity index (χ0v) is 9.56. The molecule has 2 N–H and O–H groups in total. The van der Waals surface area contributed by atoms with Crippen molar-refractivity contribution in [2.24, 2.45) is 0 Å². The van der Waals surface area contributed by atoms with Gasteiger partial charge in [-0.25, -0.2) is 0 Å². The Balaban J connectivity index is 2.24. The molecule has 0 saturated carbocycles. The van der Waals surface area contributed by atoms with Crippen LogP contribution in [-0.2, 0) is 9.53 Å². The van der Waals surface area contributed by atoms with Crippen molar-refractivity contribution in [3.63, 3.8) is 0 Å². The van der Waals surface area contributed by atoms with Gasteiger partial charge in [-0.15, -0.1) is 0 Å². The van der Waals surface area contributed by atoms with Crippen LogP contribution in [0.5, 0.6) is 0 Å². The molecule has 1 aromatic rings. The van der Waals surface area contributed by atoms with Crippen molar-refractivity contribution in [1.29, 1.82) is 0 Å². The molecule has 0 bridgehead atoms. The molecule has 1 aromatic carbocycles. The molecule has 1 heterocycles. The number of benzene rings is 1. The minimum Gasteiger partial charge on any atom is -0.468 e. The van der Waals surface area contributed by atoms with Crippen LogP contribution in [0.4, 0.5) is 0 Å². The molecule has 86 valence electrons. The van der Waals surface area contributed by atoms with Gasteiger partial charge in [0, 0.05) is 12.8 Å². The van der Waals surface area contributed by atoms with Crippen LogP contribution >= 0.6 is 0 Å². The summed E-state index contributed by atoms with van der Waals surface area (Å²) in [5.74, 6) is -0.233. The van der Waals surface area contributed by atoms with Crippen molar-refractivity contribution in [3.8, 4) is 0 Å². The molecule has 3 heteroatoms. The van der Waals surface area contributed by atoms with Crippen molar-refractivity contribution in [1.82, 2.24) is 0 Å². The maximum atomic E-state index is 11.9. The monoisotopic (exact) mass is 220 g/mol. The molecular formula is C13H18NO2+. The smallest absolute Gasteiger partial charge is 0.319 e. The Bertz CT molecular complexity index is 344. The van der Waals surface area contributed by atoms with Gasteiger partial charge in [0.2, 0.25) is 0 Å². The number of esters is 1. The summed E-state index contributed by atoms with van der Waals surface area (Å²) in [5, 5.41) is 2.26. The molecule has 0 unspecified atom stereocenters. The molecule has 3 nitrogen and oxygen atoms in total. The number of carbonyl (C=O) groups is 1. The van der Waals surface area contributed by atoms with Gasteiger partial charge in [0.25, 0.3) is 0 Å². The molecule has 1 aliphatic rings. The first-order chi connectivity index (χ1) is 7.83. The Morgan fingerprint density at radius 1 is 1.44 bits per heavy atom. The highest BCUT2D eigenvalue weighted by Gasteiger charge is 2.35. The molecule has 16 heavy (non-hydrogen) atoms. The Morgan fingerprint density at radius 3 is 2.75 bits per heavy atom. The van der Waals surface area contributed by atoms with Gasteiger partial charge in [-0.1, -0.05) is 30.3 Å². The first-order valence-corrected chi connectivity index (χ1v) is 5.79. The first-order valence-electron chi connectivity index (χ1n) is 5.79. The zero-order chi connectivity index (χ0) is 11.4. The minimum atomic E-state index is -0.117. The number of hydrogen-bond donors (Lipinski definition) is 1. The van der Waals surface area contributed by atoms with E-state index in [1.807, 2.05) is 30.3 Å². The van der Waals surface area contributed by atoms with Crippen molar-refractivity contribution in [2.45, 2.75) is 24.8 Å². The molecule has 0 spiro atoms. The fraction of sp³-hybridized carbons (Fsp3) is 0.462. The van der Waals surface area contributed by atoms with E-state index in [-0.39, 0.29) is 11.9 Å². The lowest BCUT2D eigenvalue weighted by Crippen LogP contribution is -2.88. The van der Waals surface area contributed by atoms with E-state index >= 15 is 0 Å². The minimum absolute atomic E-state index is 0.116. The van der Waals surface area contributed by atoms with E-state index in [0.29, 0.717) is 6.04 Å². The fourth-order valence-corrected chi connectivity index (χ4v) is 2.45. The molecule has 1 fully saturated rings. The lowest BCUT2D eigenvalue weighted by Gasteiger charge is -2.19. The highest BCUT2D eigenvalue weighted by molar-refractivity contribution is 5.78. The molecule has 2 atom stereocenters. The van der Waals surface area contributed by atoms with Gasteiger partial charge in [-0.05, 0) is 5.56 Å². The summed E-state index contributed by atoms with van der Waals surface area (Å²) < 4.78 is 4.92. The van der Waals surface area contributed by atoms with Crippen LogP contribution < -0.4 is 5.32 Å². The maximum absolute atomic E-state index is 11.9. The largest absolute Gasteiger partial charge is 0.468 e. The number of methoxy groups -OCH3 is 1. The summed E-state index contributed by atoms with van der Waals surface area (Å²) in [4.78, 5) is 11.9. The van der Waals surface area contributed by atoms with E-state index in [0.717, 1.165) is 18.5 Å². The van der Waals surface area contributed by atoms with Crippen LogP contribution in [-0.4, -0.2) is 25.7 Å². The Morgan fingerprint density at radius 2 is 2.19 bits per heavy atom. The van der Waals surface area contributed by atoms with E-state index in [1.165, 1.54) is 13.5 Å². The van der Waals surface area contributed by atoms with Crippen LogP contribution in [0.3, 0.4) is 0 Å². The van der Waals surface area contributed by atoms with E-state index in [9.17, 15) is 4.79 Å². The Labute approximate surface area is 95.8 Å². The molecule has 1 saturated heterocycles. The number of nitrogens with two attached hydrogens (primary N) is 1.